The first-order valence-corrected chi connectivity index (χ1v) is 3.38. The van der Waals surface area contributed by atoms with Gasteiger partial charge >= 0.3 is 0 Å². The van der Waals surface area contributed by atoms with Gasteiger partial charge < -0.3 is 16.1 Å². The molecule has 0 aromatic rings. The second-order valence-corrected chi connectivity index (χ2v) is 2.56. The van der Waals surface area contributed by atoms with Crippen molar-refractivity contribution in [2.24, 2.45) is 9.98 Å². The molecule has 0 saturated carbocycles. The molecule has 11 heavy (non-hydrogen) atoms. The fraction of sp³-hybridized carbons (Fsp3) is 0.400. The molecule has 2 rings (SSSR count). The Labute approximate surface area is 68.9 Å². The van der Waals surface area contributed by atoms with Crippen molar-refractivity contribution >= 4 is 29.9 Å². The predicted molar refractivity (Wildman–Crippen MR) is 47.0 cm³/mol. The molecule has 0 aliphatic carbocycles. The van der Waals surface area contributed by atoms with E-state index in [4.69, 9.17) is 12.2 Å². The lowest BCUT2D eigenvalue weighted by Gasteiger charge is -2.19. The molecule has 0 radical (unpaired) electrons. The number of nitrogens with one attached hydrogen (secondary N) is 2. The van der Waals surface area contributed by atoms with Crippen LogP contribution in [-0.4, -0.2) is 35.3 Å². The molecule has 2 atom stereocenters. The molecule has 0 spiro atoms. The zero-order valence-electron chi connectivity index (χ0n) is 5.61. The molecule has 4 N–H and O–H groups in total. The highest BCUT2D eigenvalue weighted by molar-refractivity contribution is 7.80. The Hall–Kier alpha value is -1.01. The highest BCUT2D eigenvalue weighted by Gasteiger charge is 2.28. The van der Waals surface area contributed by atoms with Gasteiger partial charge in [-0.2, -0.15) is 0 Å². The third-order valence-electron chi connectivity index (χ3n) is 1.50. The summed E-state index contributed by atoms with van der Waals surface area (Å²) in [7, 11) is 0. The maximum Gasteiger partial charge on any atom is 0.169 e. The number of aliphatic imine (C=N–C) groups is 2. The Morgan fingerprint density at radius 3 is 2.82 bits per heavy atom. The van der Waals surface area contributed by atoms with Gasteiger partial charge in [-0.25, -0.2) is 9.98 Å². The molecule has 0 aromatic heterocycles. The molecule has 2 heterocycles. The Morgan fingerprint density at radius 2 is 2.09 bits per heavy atom. The van der Waals surface area contributed by atoms with Gasteiger partial charge in [0.1, 0.15) is 11.0 Å². The van der Waals surface area contributed by atoms with Gasteiger partial charge in [0.05, 0.1) is 12.7 Å². The summed E-state index contributed by atoms with van der Waals surface area (Å²) < 4.78 is 0. The lowest BCUT2D eigenvalue weighted by molar-refractivity contribution is 0.645. The fourth-order valence-corrected chi connectivity index (χ4v) is 1.22. The molecule has 0 aromatic carbocycles. The number of nitrogens with zero attached hydrogens (tertiary/aromatic N) is 2. The van der Waals surface area contributed by atoms with Gasteiger partial charge in [-0.3, -0.25) is 0 Å². The van der Waals surface area contributed by atoms with Gasteiger partial charge in [-0.15, -0.1) is 0 Å². The van der Waals surface area contributed by atoms with Crippen molar-refractivity contribution in [2.75, 3.05) is 0 Å². The van der Waals surface area contributed by atoms with E-state index < -0.39 is 0 Å². The lowest BCUT2D eigenvalue weighted by Crippen LogP contribution is -2.47. The van der Waals surface area contributed by atoms with E-state index in [-0.39, 0.29) is 17.7 Å². The summed E-state index contributed by atoms with van der Waals surface area (Å²) in [5, 5.41) is 5.85. The minimum Gasteiger partial charge on any atom is -0.412 e. The molecule has 2 aliphatic heterocycles. The summed E-state index contributed by atoms with van der Waals surface area (Å²) in [6.45, 7) is 0. The highest BCUT2D eigenvalue weighted by Crippen LogP contribution is 2.08. The summed E-state index contributed by atoms with van der Waals surface area (Å²) in [4.78, 5) is 8.87. The molecule has 0 bridgehead atoms. The molecule has 2 aliphatic rings. The van der Waals surface area contributed by atoms with E-state index in [1.807, 2.05) is 0 Å². The molecule has 2 unspecified atom stereocenters. The number of rotatable bonds is 0. The van der Waals surface area contributed by atoms with Gasteiger partial charge in [0.15, 0.2) is 6.17 Å². The predicted octanol–water partition coefficient (Wildman–Crippen LogP) is -1.55. The van der Waals surface area contributed by atoms with Crippen molar-refractivity contribution in [3.63, 3.8) is 0 Å². The smallest absolute Gasteiger partial charge is 0.169 e. The van der Waals surface area contributed by atoms with Crippen LogP contribution in [0.2, 0.25) is 0 Å². The standard InChI is InChI=1S/C5H6N4S.H2O/c10-5-3-4(7-1-6-3)8-2-9-5;/h1-4H,(H,6,7)(H,8,9,10);1H2. The molecule has 60 valence electrons. The molecule has 0 amide bonds. The summed E-state index contributed by atoms with van der Waals surface area (Å²) >= 11 is 5.00. The third kappa shape index (κ3) is 1.22. The van der Waals surface area contributed by atoms with Crippen LogP contribution in [0.4, 0.5) is 0 Å². The van der Waals surface area contributed by atoms with Crippen LogP contribution in [0.5, 0.6) is 0 Å². The molecular weight excluding hydrogens is 164 g/mol. The molecule has 0 saturated heterocycles. The van der Waals surface area contributed by atoms with E-state index in [1.165, 1.54) is 0 Å². The quantitative estimate of drug-likeness (QED) is 0.434. The topological polar surface area (TPSA) is 80.3 Å². The van der Waals surface area contributed by atoms with E-state index in [1.54, 1.807) is 12.7 Å². The number of thiocarbonyl (C=S) groups is 1. The Balaban J connectivity index is 0.000000605. The van der Waals surface area contributed by atoms with Gasteiger partial charge in [0.2, 0.25) is 0 Å². The van der Waals surface area contributed by atoms with Gasteiger partial charge in [-0.1, -0.05) is 12.2 Å². The van der Waals surface area contributed by atoms with Crippen LogP contribution >= 0.6 is 12.2 Å². The van der Waals surface area contributed by atoms with Crippen molar-refractivity contribution in [3.8, 4) is 0 Å². The first-order valence-electron chi connectivity index (χ1n) is 2.97. The van der Waals surface area contributed by atoms with Crippen LogP contribution in [-0.2, 0) is 0 Å². The molecule has 0 fully saturated rings. The van der Waals surface area contributed by atoms with Gasteiger partial charge in [-0.05, 0) is 0 Å². The average Bonchev–Trinajstić information content (AvgIpc) is 2.36. The monoisotopic (exact) mass is 172 g/mol. The van der Waals surface area contributed by atoms with Crippen molar-refractivity contribution in [1.82, 2.24) is 10.6 Å². The van der Waals surface area contributed by atoms with E-state index in [0.29, 0.717) is 0 Å². The minimum atomic E-state index is -0.0336. The summed E-state index contributed by atoms with van der Waals surface area (Å²) in [6, 6.07) is 0.0833. The maximum absolute atomic E-state index is 5.00. The van der Waals surface area contributed by atoms with Crippen LogP contribution < -0.4 is 10.6 Å². The summed E-state index contributed by atoms with van der Waals surface area (Å²) in [5.41, 5.74) is 0. The van der Waals surface area contributed by atoms with E-state index in [0.717, 1.165) is 4.99 Å². The van der Waals surface area contributed by atoms with Crippen molar-refractivity contribution in [3.05, 3.63) is 0 Å². The number of hydrogen-bond donors (Lipinski definition) is 2. The Kier molecular flexibility index (Phi) is 2.16. The van der Waals surface area contributed by atoms with E-state index in [2.05, 4.69) is 20.6 Å². The van der Waals surface area contributed by atoms with E-state index >= 15 is 0 Å². The Morgan fingerprint density at radius 1 is 1.36 bits per heavy atom. The number of hydrogen-bond acceptors (Lipinski definition) is 4. The van der Waals surface area contributed by atoms with E-state index in [9.17, 15) is 0 Å². The first kappa shape index (κ1) is 8.09. The van der Waals surface area contributed by atoms with Crippen LogP contribution in [0.25, 0.3) is 0 Å². The molecule has 5 nitrogen and oxygen atoms in total. The molecular formula is C5H8N4OS. The second-order valence-electron chi connectivity index (χ2n) is 2.12. The summed E-state index contributed by atoms with van der Waals surface area (Å²) in [6.07, 6.45) is 3.20. The van der Waals surface area contributed by atoms with Crippen LogP contribution in [0.15, 0.2) is 9.98 Å². The average molecular weight is 172 g/mol. The van der Waals surface area contributed by atoms with Crippen LogP contribution in [0.3, 0.4) is 0 Å². The van der Waals surface area contributed by atoms with Crippen molar-refractivity contribution < 1.29 is 5.48 Å². The van der Waals surface area contributed by atoms with Crippen molar-refractivity contribution in [2.45, 2.75) is 12.2 Å². The molecule has 6 heteroatoms. The van der Waals surface area contributed by atoms with Gasteiger partial charge in [0.25, 0.3) is 0 Å². The first-order chi connectivity index (χ1) is 4.88. The van der Waals surface area contributed by atoms with Crippen molar-refractivity contribution in [1.29, 1.82) is 0 Å². The number of fused-ring (bicyclic) bond motifs is 1. The summed E-state index contributed by atoms with van der Waals surface area (Å²) in [5.74, 6) is 0. The maximum atomic E-state index is 5.00. The fourth-order valence-electron chi connectivity index (χ4n) is 0.975. The van der Waals surface area contributed by atoms with Crippen LogP contribution in [0.1, 0.15) is 0 Å². The highest BCUT2D eigenvalue weighted by atomic mass is 32.1. The minimum absolute atomic E-state index is 0. The Bertz CT molecular complexity index is 227. The zero-order valence-corrected chi connectivity index (χ0v) is 6.43. The SMILES string of the molecule is O.S=C1NC=NC2N=CNC12. The second kappa shape index (κ2) is 2.93. The normalized spacial score (nSPS) is 31.8. The largest absolute Gasteiger partial charge is 0.412 e. The lowest BCUT2D eigenvalue weighted by atomic mass is 10.2. The van der Waals surface area contributed by atoms with Gasteiger partial charge in [0, 0.05) is 0 Å². The zero-order chi connectivity index (χ0) is 6.97. The third-order valence-corrected chi connectivity index (χ3v) is 1.87. The van der Waals surface area contributed by atoms with Crippen LogP contribution in [0, 0.1) is 0 Å².